The van der Waals surface area contributed by atoms with Gasteiger partial charge >= 0.3 is 10.2 Å². The lowest BCUT2D eigenvalue weighted by molar-refractivity contribution is 0.551. The molecule has 0 saturated heterocycles. The number of hydrogen-bond donors (Lipinski definition) is 0. The SMILES string of the molecule is O=S(=O)(F)CCc1cc(Cl)ccn1. The van der Waals surface area contributed by atoms with Crippen molar-refractivity contribution in [2.24, 2.45) is 0 Å². The molecule has 0 aliphatic heterocycles. The minimum absolute atomic E-state index is 0.0411. The van der Waals surface area contributed by atoms with E-state index < -0.39 is 16.0 Å². The average Bonchev–Trinajstić information content (AvgIpc) is 2.00. The predicted octanol–water partition coefficient (Wildman–Crippen LogP) is 1.58. The lowest BCUT2D eigenvalue weighted by Gasteiger charge is -1.97. The van der Waals surface area contributed by atoms with E-state index in [9.17, 15) is 12.3 Å². The van der Waals surface area contributed by atoms with Gasteiger partial charge in [0.25, 0.3) is 0 Å². The average molecular weight is 224 g/mol. The Bertz CT molecular complexity index is 393. The molecule has 1 rings (SSSR count). The minimum Gasteiger partial charge on any atom is -0.261 e. The second kappa shape index (κ2) is 4.02. The smallest absolute Gasteiger partial charge is 0.261 e. The number of nitrogens with zero attached hydrogens (tertiary/aromatic N) is 1. The van der Waals surface area contributed by atoms with Crippen molar-refractivity contribution < 1.29 is 12.3 Å². The van der Waals surface area contributed by atoms with Crippen LogP contribution in [0.4, 0.5) is 3.89 Å². The summed E-state index contributed by atoms with van der Waals surface area (Å²) in [6.45, 7) is 0. The van der Waals surface area contributed by atoms with E-state index in [1.807, 2.05) is 0 Å². The van der Waals surface area contributed by atoms with E-state index in [4.69, 9.17) is 11.6 Å². The van der Waals surface area contributed by atoms with Crippen molar-refractivity contribution in [3.8, 4) is 0 Å². The number of pyridine rings is 1. The number of hydrogen-bond acceptors (Lipinski definition) is 3. The van der Waals surface area contributed by atoms with Crippen LogP contribution in [0.1, 0.15) is 5.69 Å². The van der Waals surface area contributed by atoms with Crippen LogP contribution in [0.3, 0.4) is 0 Å². The van der Waals surface area contributed by atoms with E-state index >= 15 is 0 Å². The van der Waals surface area contributed by atoms with Gasteiger partial charge in [-0.05, 0) is 12.1 Å². The summed E-state index contributed by atoms with van der Waals surface area (Å²) >= 11 is 5.61. The molecule has 0 spiro atoms. The zero-order valence-corrected chi connectivity index (χ0v) is 8.15. The molecule has 0 aromatic carbocycles. The highest BCUT2D eigenvalue weighted by Gasteiger charge is 2.07. The molecular formula is C7H7ClFNO2S. The molecule has 1 aromatic heterocycles. The summed E-state index contributed by atoms with van der Waals surface area (Å²) in [4.78, 5) is 3.83. The molecule has 6 heteroatoms. The summed E-state index contributed by atoms with van der Waals surface area (Å²) in [7, 11) is -4.42. The molecule has 0 saturated carbocycles. The van der Waals surface area contributed by atoms with Crippen LogP contribution in [0.5, 0.6) is 0 Å². The van der Waals surface area contributed by atoms with Gasteiger partial charge in [0.1, 0.15) is 0 Å². The first-order valence-electron chi connectivity index (χ1n) is 3.50. The number of rotatable bonds is 3. The fraction of sp³-hybridized carbons (Fsp3) is 0.286. The summed E-state index contributed by atoms with van der Waals surface area (Å²) in [6, 6.07) is 3.07. The van der Waals surface area contributed by atoms with Crippen molar-refractivity contribution in [2.75, 3.05) is 5.75 Å². The normalized spacial score (nSPS) is 11.5. The molecule has 0 bridgehead atoms. The molecule has 0 fully saturated rings. The van der Waals surface area contributed by atoms with Crippen molar-refractivity contribution in [3.63, 3.8) is 0 Å². The van der Waals surface area contributed by atoms with Crippen molar-refractivity contribution in [1.82, 2.24) is 4.98 Å². The molecule has 72 valence electrons. The minimum atomic E-state index is -4.42. The lowest BCUT2D eigenvalue weighted by Crippen LogP contribution is -2.03. The zero-order valence-electron chi connectivity index (χ0n) is 6.57. The predicted molar refractivity (Wildman–Crippen MR) is 47.8 cm³/mol. The van der Waals surface area contributed by atoms with Gasteiger partial charge in [0.15, 0.2) is 0 Å². The number of aromatic nitrogens is 1. The molecule has 0 aliphatic rings. The van der Waals surface area contributed by atoms with Gasteiger partial charge in [-0.1, -0.05) is 11.6 Å². The maximum atomic E-state index is 12.1. The summed E-state index contributed by atoms with van der Waals surface area (Å²) < 4.78 is 32.4. The Kier molecular flexibility index (Phi) is 3.22. The Morgan fingerprint density at radius 2 is 2.23 bits per heavy atom. The van der Waals surface area contributed by atoms with Crippen LogP contribution >= 0.6 is 11.6 Å². The first-order valence-corrected chi connectivity index (χ1v) is 5.43. The van der Waals surface area contributed by atoms with Gasteiger partial charge in [0, 0.05) is 23.3 Å². The second-order valence-corrected chi connectivity index (χ2v) is 4.38. The Morgan fingerprint density at radius 3 is 2.77 bits per heavy atom. The van der Waals surface area contributed by atoms with Gasteiger partial charge in [-0.2, -0.15) is 8.42 Å². The number of halogens is 2. The summed E-state index contributed by atoms with van der Waals surface area (Å²) in [6.07, 6.45) is 1.49. The van der Waals surface area contributed by atoms with Crippen LogP contribution in [-0.2, 0) is 16.6 Å². The maximum Gasteiger partial charge on any atom is 0.302 e. The molecule has 0 amide bonds. The van der Waals surface area contributed by atoms with Crippen LogP contribution in [0, 0.1) is 0 Å². The third kappa shape index (κ3) is 4.19. The van der Waals surface area contributed by atoms with Crippen LogP contribution < -0.4 is 0 Å². The van der Waals surface area contributed by atoms with E-state index in [2.05, 4.69) is 4.98 Å². The Labute approximate surface area is 80.8 Å². The van der Waals surface area contributed by atoms with Crippen molar-refractivity contribution in [3.05, 3.63) is 29.0 Å². The fourth-order valence-corrected chi connectivity index (χ4v) is 1.45. The monoisotopic (exact) mass is 223 g/mol. The van der Waals surface area contributed by atoms with Gasteiger partial charge in [0.05, 0.1) is 5.75 Å². The highest BCUT2D eigenvalue weighted by atomic mass is 35.5. The Morgan fingerprint density at radius 1 is 1.54 bits per heavy atom. The summed E-state index contributed by atoms with van der Waals surface area (Å²) in [5, 5.41) is 0.459. The van der Waals surface area contributed by atoms with Crippen molar-refractivity contribution in [1.29, 1.82) is 0 Å². The molecule has 0 aliphatic carbocycles. The van der Waals surface area contributed by atoms with E-state index in [0.29, 0.717) is 10.7 Å². The highest BCUT2D eigenvalue weighted by Crippen LogP contribution is 2.09. The van der Waals surface area contributed by atoms with E-state index in [-0.39, 0.29) is 6.42 Å². The van der Waals surface area contributed by atoms with Gasteiger partial charge in [-0.3, -0.25) is 4.98 Å². The third-order valence-corrected chi connectivity index (χ3v) is 2.31. The fourth-order valence-electron chi connectivity index (χ4n) is 0.812. The van der Waals surface area contributed by atoms with Crippen LogP contribution in [0.15, 0.2) is 18.3 Å². The molecule has 1 heterocycles. The largest absolute Gasteiger partial charge is 0.302 e. The van der Waals surface area contributed by atoms with Crippen LogP contribution in [0.25, 0.3) is 0 Å². The lowest BCUT2D eigenvalue weighted by atomic mass is 10.3. The second-order valence-electron chi connectivity index (χ2n) is 2.46. The summed E-state index contributed by atoms with van der Waals surface area (Å²) in [5.74, 6) is -0.555. The Balaban J connectivity index is 2.65. The molecule has 1 aromatic rings. The molecule has 0 N–H and O–H groups in total. The molecule has 0 radical (unpaired) electrons. The third-order valence-electron chi connectivity index (χ3n) is 1.38. The number of aryl methyl sites for hydroxylation is 1. The summed E-state index contributed by atoms with van der Waals surface area (Å²) in [5.41, 5.74) is 0.466. The van der Waals surface area contributed by atoms with Gasteiger partial charge in [0.2, 0.25) is 0 Å². The molecule has 13 heavy (non-hydrogen) atoms. The van der Waals surface area contributed by atoms with E-state index in [0.717, 1.165) is 0 Å². The topological polar surface area (TPSA) is 47.0 Å². The zero-order chi connectivity index (χ0) is 9.90. The van der Waals surface area contributed by atoms with Gasteiger partial charge in [-0.15, -0.1) is 3.89 Å². The standard InChI is InChI=1S/C7H7ClFNO2S/c8-6-1-3-10-7(5-6)2-4-13(9,11)12/h1,3,5H,2,4H2. The first kappa shape index (κ1) is 10.4. The molecule has 0 atom stereocenters. The molecular weight excluding hydrogens is 217 g/mol. The van der Waals surface area contributed by atoms with Crippen LogP contribution in [-0.4, -0.2) is 19.2 Å². The first-order chi connectivity index (χ1) is 5.97. The van der Waals surface area contributed by atoms with Crippen molar-refractivity contribution >= 4 is 21.8 Å². The quantitative estimate of drug-likeness (QED) is 0.731. The van der Waals surface area contributed by atoms with Gasteiger partial charge in [-0.25, -0.2) is 0 Å². The molecule has 3 nitrogen and oxygen atoms in total. The highest BCUT2D eigenvalue weighted by molar-refractivity contribution is 7.86. The maximum absolute atomic E-state index is 12.1. The van der Waals surface area contributed by atoms with Crippen molar-refractivity contribution in [2.45, 2.75) is 6.42 Å². The van der Waals surface area contributed by atoms with E-state index in [1.54, 1.807) is 6.07 Å². The van der Waals surface area contributed by atoms with Crippen LogP contribution in [0.2, 0.25) is 5.02 Å². The van der Waals surface area contributed by atoms with E-state index in [1.165, 1.54) is 12.3 Å². The van der Waals surface area contributed by atoms with Gasteiger partial charge < -0.3 is 0 Å². The molecule has 0 unspecified atom stereocenters. The Hall–Kier alpha value is -0.680.